The summed E-state index contributed by atoms with van der Waals surface area (Å²) in [6.45, 7) is 1.73. The van der Waals surface area contributed by atoms with Crippen molar-refractivity contribution in [2.75, 3.05) is 0 Å². The van der Waals surface area contributed by atoms with E-state index in [9.17, 15) is 14.9 Å². The average Bonchev–Trinajstić information content (AvgIpc) is 2.47. The highest BCUT2D eigenvalue weighted by molar-refractivity contribution is 6.34. The van der Waals surface area contributed by atoms with Gasteiger partial charge in [0.05, 0.1) is 4.92 Å². The zero-order valence-electron chi connectivity index (χ0n) is 10.7. The van der Waals surface area contributed by atoms with Gasteiger partial charge in [0.1, 0.15) is 5.38 Å². The number of halogens is 1. The summed E-state index contributed by atoms with van der Waals surface area (Å²) in [5.74, 6) is -0.334. The lowest BCUT2D eigenvalue weighted by Crippen LogP contribution is -2.09. The van der Waals surface area contributed by atoms with E-state index < -0.39 is 10.3 Å². The Labute approximate surface area is 121 Å². The second kappa shape index (κ2) is 5.84. The van der Waals surface area contributed by atoms with Crippen LogP contribution in [0.4, 0.5) is 5.69 Å². The molecule has 2 rings (SSSR count). The molecule has 20 heavy (non-hydrogen) atoms. The smallest absolute Gasteiger partial charge is 0.270 e. The van der Waals surface area contributed by atoms with Gasteiger partial charge in [0.15, 0.2) is 5.78 Å². The van der Waals surface area contributed by atoms with Crippen LogP contribution in [0.2, 0.25) is 0 Å². The molecular weight excluding hydrogens is 278 g/mol. The molecule has 2 aromatic carbocycles. The number of hydrogen-bond donors (Lipinski definition) is 0. The van der Waals surface area contributed by atoms with E-state index in [2.05, 4.69) is 0 Å². The molecular formula is C15H12ClNO3. The zero-order valence-corrected chi connectivity index (χ0v) is 11.5. The quantitative estimate of drug-likeness (QED) is 0.369. The molecule has 0 N–H and O–H groups in total. The van der Waals surface area contributed by atoms with E-state index in [4.69, 9.17) is 11.6 Å². The Morgan fingerprint density at radius 2 is 1.85 bits per heavy atom. The molecule has 0 spiro atoms. The van der Waals surface area contributed by atoms with Crippen LogP contribution in [0.15, 0.2) is 48.5 Å². The summed E-state index contributed by atoms with van der Waals surface area (Å²) in [6.07, 6.45) is 0. The maximum absolute atomic E-state index is 12.4. The molecule has 0 amide bonds. The molecule has 0 radical (unpaired) electrons. The predicted molar refractivity (Wildman–Crippen MR) is 77.2 cm³/mol. The second-order valence-corrected chi connectivity index (χ2v) is 4.83. The van der Waals surface area contributed by atoms with Gasteiger partial charge in [-0.15, -0.1) is 11.6 Å². The van der Waals surface area contributed by atoms with Crippen molar-refractivity contribution in [3.8, 4) is 0 Å². The highest BCUT2D eigenvalue weighted by atomic mass is 35.5. The van der Waals surface area contributed by atoms with Crippen molar-refractivity contribution in [1.29, 1.82) is 0 Å². The Balaban J connectivity index is 2.38. The molecule has 102 valence electrons. The molecule has 0 bridgehead atoms. The molecule has 0 saturated heterocycles. The number of rotatable bonds is 4. The van der Waals surface area contributed by atoms with Crippen molar-refractivity contribution in [3.63, 3.8) is 0 Å². The van der Waals surface area contributed by atoms with E-state index >= 15 is 0 Å². The molecule has 5 heteroatoms. The monoisotopic (exact) mass is 289 g/mol. The van der Waals surface area contributed by atoms with Gasteiger partial charge < -0.3 is 0 Å². The number of carbonyl (C=O) groups is 1. The van der Waals surface area contributed by atoms with Gasteiger partial charge in [0.25, 0.3) is 5.69 Å². The summed E-state index contributed by atoms with van der Waals surface area (Å²) in [7, 11) is 0. The number of nitro groups is 1. The van der Waals surface area contributed by atoms with E-state index in [0.717, 1.165) is 0 Å². The van der Waals surface area contributed by atoms with E-state index in [1.165, 1.54) is 12.1 Å². The van der Waals surface area contributed by atoms with Gasteiger partial charge in [-0.2, -0.15) is 0 Å². The van der Waals surface area contributed by atoms with Crippen LogP contribution in [0.5, 0.6) is 0 Å². The highest BCUT2D eigenvalue weighted by Crippen LogP contribution is 2.28. The fourth-order valence-corrected chi connectivity index (χ4v) is 2.16. The minimum absolute atomic E-state index is 0.115. The number of alkyl halides is 1. The van der Waals surface area contributed by atoms with Crippen LogP contribution in [0.3, 0.4) is 0 Å². The molecule has 4 nitrogen and oxygen atoms in total. The fraction of sp³-hybridized carbons (Fsp3) is 0.133. The summed E-state index contributed by atoms with van der Waals surface area (Å²) in [5, 5.41) is 9.94. The minimum Gasteiger partial charge on any atom is -0.292 e. The molecule has 1 atom stereocenters. The topological polar surface area (TPSA) is 60.2 Å². The number of benzene rings is 2. The molecule has 0 aromatic heterocycles. The van der Waals surface area contributed by atoms with Crippen LogP contribution < -0.4 is 0 Å². The van der Waals surface area contributed by atoms with E-state index in [-0.39, 0.29) is 17.0 Å². The Morgan fingerprint density at radius 3 is 2.45 bits per heavy atom. The summed E-state index contributed by atoms with van der Waals surface area (Å²) in [5.41, 5.74) is 1.51. The first-order valence-electron chi connectivity index (χ1n) is 5.99. The zero-order chi connectivity index (χ0) is 14.7. The fourth-order valence-electron chi connectivity index (χ4n) is 1.90. The van der Waals surface area contributed by atoms with Gasteiger partial charge in [0, 0.05) is 17.7 Å². The van der Waals surface area contributed by atoms with E-state index in [1.807, 2.05) is 6.07 Å². The van der Waals surface area contributed by atoms with Gasteiger partial charge in [-0.05, 0) is 18.1 Å². The predicted octanol–water partition coefficient (Wildman–Crippen LogP) is 4.07. The van der Waals surface area contributed by atoms with Gasteiger partial charge in [-0.1, -0.05) is 36.4 Å². The molecule has 2 aromatic rings. The Bertz CT molecular complexity index is 655. The van der Waals surface area contributed by atoms with Crippen LogP contribution in [0.1, 0.15) is 26.9 Å². The number of ketones is 1. The molecule has 0 aliphatic carbocycles. The maximum atomic E-state index is 12.4. The summed E-state index contributed by atoms with van der Waals surface area (Å²) in [6, 6.07) is 13.1. The van der Waals surface area contributed by atoms with Crippen molar-refractivity contribution in [2.24, 2.45) is 0 Å². The number of non-ortho nitro benzene ring substituents is 1. The lowest BCUT2D eigenvalue weighted by atomic mass is 9.98. The molecule has 0 fully saturated rings. The number of nitro benzene ring substituents is 1. The van der Waals surface area contributed by atoms with E-state index in [1.54, 1.807) is 37.3 Å². The minimum atomic E-state index is -0.850. The third-order valence-electron chi connectivity index (χ3n) is 3.02. The molecule has 0 aliphatic rings. The van der Waals surface area contributed by atoms with Gasteiger partial charge in [-0.25, -0.2) is 0 Å². The standard InChI is InChI=1S/C15H12ClNO3/c1-10-7-8-12(17(19)20)9-13(10)15(18)14(16)11-5-3-2-4-6-11/h2-9,14H,1H3. The number of hydrogen-bond acceptors (Lipinski definition) is 3. The van der Waals surface area contributed by atoms with Gasteiger partial charge in [0.2, 0.25) is 0 Å². The third kappa shape index (κ3) is 2.86. The van der Waals surface area contributed by atoms with Crippen LogP contribution in [0.25, 0.3) is 0 Å². The van der Waals surface area contributed by atoms with Crippen molar-refractivity contribution in [1.82, 2.24) is 0 Å². The van der Waals surface area contributed by atoms with Crippen LogP contribution in [0, 0.1) is 17.0 Å². The first-order chi connectivity index (χ1) is 9.50. The Morgan fingerprint density at radius 1 is 1.20 bits per heavy atom. The molecule has 1 unspecified atom stereocenters. The Hall–Kier alpha value is -2.20. The summed E-state index contributed by atoms with van der Waals surface area (Å²) >= 11 is 6.18. The van der Waals surface area contributed by atoms with Crippen molar-refractivity contribution >= 4 is 23.1 Å². The second-order valence-electron chi connectivity index (χ2n) is 4.39. The van der Waals surface area contributed by atoms with Crippen LogP contribution in [-0.2, 0) is 0 Å². The Kier molecular flexibility index (Phi) is 4.15. The first-order valence-corrected chi connectivity index (χ1v) is 6.42. The van der Waals surface area contributed by atoms with Crippen molar-refractivity contribution in [2.45, 2.75) is 12.3 Å². The van der Waals surface area contributed by atoms with Crippen molar-refractivity contribution in [3.05, 3.63) is 75.3 Å². The van der Waals surface area contributed by atoms with Crippen LogP contribution >= 0.6 is 11.6 Å². The van der Waals surface area contributed by atoms with Gasteiger partial charge >= 0.3 is 0 Å². The van der Waals surface area contributed by atoms with Crippen LogP contribution in [-0.4, -0.2) is 10.7 Å². The normalized spacial score (nSPS) is 11.9. The lowest BCUT2D eigenvalue weighted by molar-refractivity contribution is -0.384. The lowest BCUT2D eigenvalue weighted by Gasteiger charge is -2.10. The van der Waals surface area contributed by atoms with E-state index in [0.29, 0.717) is 11.1 Å². The molecule has 0 saturated carbocycles. The summed E-state index contributed by atoms with van der Waals surface area (Å²) in [4.78, 5) is 22.6. The number of nitrogens with zero attached hydrogens (tertiary/aromatic N) is 1. The van der Waals surface area contributed by atoms with Crippen molar-refractivity contribution < 1.29 is 9.72 Å². The molecule has 0 aliphatic heterocycles. The third-order valence-corrected chi connectivity index (χ3v) is 3.47. The highest BCUT2D eigenvalue weighted by Gasteiger charge is 2.22. The first kappa shape index (κ1) is 14.2. The number of carbonyl (C=O) groups excluding carboxylic acids is 1. The number of aryl methyl sites for hydroxylation is 1. The van der Waals surface area contributed by atoms with Gasteiger partial charge in [-0.3, -0.25) is 14.9 Å². The SMILES string of the molecule is Cc1ccc([N+](=O)[O-])cc1C(=O)C(Cl)c1ccccc1. The number of Topliss-reactive ketones (excluding diaryl/α,β-unsaturated/α-hetero) is 1. The molecule has 0 heterocycles. The average molecular weight is 290 g/mol. The maximum Gasteiger partial charge on any atom is 0.270 e. The summed E-state index contributed by atoms with van der Waals surface area (Å²) < 4.78 is 0. The largest absolute Gasteiger partial charge is 0.292 e.